The summed E-state index contributed by atoms with van der Waals surface area (Å²) in [5, 5.41) is 4.08. The molecule has 0 aliphatic carbocycles. The van der Waals surface area contributed by atoms with E-state index in [1.807, 2.05) is 41.8 Å². The number of benzene rings is 4. The van der Waals surface area contributed by atoms with Crippen LogP contribution >= 0.6 is 11.3 Å². The van der Waals surface area contributed by atoms with Gasteiger partial charge in [-0.3, -0.25) is 0 Å². The molecule has 0 spiro atoms. The van der Waals surface area contributed by atoms with Gasteiger partial charge in [-0.05, 0) is 80.5 Å². The largest absolute Gasteiger partial charge is 0.305 e. The molecule has 1 radical (unpaired) electrons. The molecule has 0 unspecified atom stereocenters. The average Bonchev–Trinajstić information content (AvgIpc) is 3.47. The summed E-state index contributed by atoms with van der Waals surface area (Å²) in [5.41, 5.74) is 11.1. The first kappa shape index (κ1) is 39.5. The molecule has 52 heavy (non-hydrogen) atoms. The third-order valence-corrected chi connectivity index (χ3v) is 12.4. The number of aryl methyl sites for hydroxylation is 1. The third-order valence-electron chi connectivity index (χ3n) is 9.14. The maximum atomic E-state index is 4.80. The Morgan fingerprint density at radius 3 is 2.12 bits per heavy atom. The van der Waals surface area contributed by atoms with E-state index in [-0.39, 0.29) is 25.5 Å². The number of fused-ring (bicyclic) bond motifs is 3. The molecule has 0 atom stereocenters. The molecule has 0 saturated heterocycles. The van der Waals surface area contributed by atoms with Gasteiger partial charge in [0.2, 0.25) is 0 Å². The van der Waals surface area contributed by atoms with Crippen molar-refractivity contribution in [2.45, 2.75) is 74.0 Å². The molecule has 0 saturated carbocycles. The van der Waals surface area contributed by atoms with Crippen molar-refractivity contribution in [3.63, 3.8) is 0 Å². The predicted molar refractivity (Wildman–Crippen MR) is 225 cm³/mol. The molecule has 5 heteroatoms. The van der Waals surface area contributed by atoms with Gasteiger partial charge in [-0.2, -0.15) is 11.3 Å². The van der Waals surface area contributed by atoms with Crippen molar-refractivity contribution in [1.82, 2.24) is 9.97 Å². The monoisotopic (exact) mass is 895 g/mol. The molecule has 0 fully saturated rings. The zero-order chi connectivity index (χ0) is 36.3. The van der Waals surface area contributed by atoms with E-state index in [1.165, 1.54) is 53.2 Å². The Labute approximate surface area is 330 Å². The van der Waals surface area contributed by atoms with Crippen molar-refractivity contribution in [3.8, 4) is 33.6 Å². The number of aromatic nitrogens is 2. The topological polar surface area (TPSA) is 25.8 Å². The Morgan fingerprint density at radius 2 is 1.44 bits per heavy atom. The van der Waals surface area contributed by atoms with Gasteiger partial charge in [-0.15, -0.1) is 59.7 Å². The standard InChI is InChI=1S/C29H26NS.C18H24NSi.Ir/c1-19-18-30-26(15-22(19)17-29(2,3)4)25-12-8-11-24-23-14-13-21(16-27(23)31-28(24)25)20-9-6-5-7-10-20;1-14(2)11-16-12-17(15-9-7-6-8-10-15)19-13-18(16)20(3,4)5;/h5-11,13-16,18H,17H2,1-4H3;6-9,12-14H,11H2,1-5H3;/q2*-1;. The van der Waals surface area contributed by atoms with Crippen LogP contribution in [0, 0.1) is 30.4 Å². The Hall–Kier alpha value is -3.73. The first-order chi connectivity index (χ1) is 24.3. The minimum Gasteiger partial charge on any atom is -0.305 e. The summed E-state index contributed by atoms with van der Waals surface area (Å²) in [7, 11) is -1.34. The summed E-state index contributed by atoms with van der Waals surface area (Å²) in [6.45, 7) is 20.8. The van der Waals surface area contributed by atoms with E-state index in [9.17, 15) is 0 Å². The van der Waals surface area contributed by atoms with Crippen molar-refractivity contribution in [1.29, 1.82) is 0 Å². The van der Waals surface area contributed by atoms with Gasteiger partial charge in [-0.1, -0.05) is 125 Å². The van der Waals surface area contributed by atoms with Crippen LogP contribution < -0.4 is 5.19 Å². The summed E-state index contributed by atoms with van der Waals surface area (Å²) in [4.78, 5) is 9.49. The second-order valence-electron chi connectivity index (χ2n) is 16.4. The van der Waals surface area contributed by atoms with Crippen molar-refractivity contribution in [2.75, 3.05) is 0 Å². The van der Waals surface area contributed by atoms with Crippen LogP contribution in [-0.4, -0.2) is 18.0 Å². The van der Waals surface area contributed by atoms with Crippen LogP contribution in [0.4, 0.5) is 0 Å². The van der Waals surface area contributed by atoms with Crippen LogP contribution in [0.5, 0.6) is 0 Å². The van der Waals surface area contributed by atoms with E-state index in [2.05, 4.69) is 157 Å². The third kappa shape index (κ3) is 9.43. The van der Waals surface area contributed by atoms with Gasteiger partial charge >= 0.3 is 0 Å². The SMILES string of the molecule is CC(C)Cc1cc(-c2[c-]cccc2)ncc1[Si](C)(C)C.Cc1cnc(-c2[c-]ccc3c2sc2cc(-c4ccccc4)ccc23)cc1CC(C)(C)C.[Ir]. The molecule has 0 N–H and O–H groups in total. The van der Waals surface area contributed by atoms with Crippen molar-refractivity contribution in [2.24, 2.45) is 11.3 Å². The molecule has 3 aromatic heterocycles. The molecule has 7 aromatic rings. The fraction of sp³-hybridized carbons (Fsp3) is 0.277. The summed E-state index contributed by atoms with van der Waals surface area (Å²) in [5.74, 6) is 0.667. The molecule has 2 nitrogen and oxygen atoms in total. The van der Waals surface area contributed by atoms with Crippen molar-refractivity contribution < 1.29 is 20.1 Å². The van der Waals surface area contributed by atoms with Gasteiger partial charge in [0, 0.05) is 37.2 Å². The number of rotatable bonds is 7. The minimum atomic E-state index is -1.34. The summed E-state index contributed by atoms with van der Waals surface area (Å²) in [6.07, 6.45) is 6.29. The Morgan fingerprint density at radius 1 is 0.731 bits per heavy atom. The molecule has 0 aliphatic rings. The van der Waals surface area contributed by atoms with Gasteiger partial charge in [-0.25, -0.2) is 0 Å². The van der Waals surface area contributed by atoms with Gasteiger partial charge in [0.25, 0.3) is 0 Å². The Kier molecular flexibility index (Phi) is 12.5. The molecule has 269 valence electrons. The van der Waals surface area contributed by atoms with Gasteiger partial charge in [0.15, 0.2) is 0 Å². The van der Waals surface area contributed by atoms with Crippen LogP contribution in [0.1, 0.15) is 51.3 Å². The predicted octanol–water partition coefficient (Wildman–Crippen LogP) is 12.8. The van der Waals surface area contributed by atoms with Crippen LogP contribution in [0.2, 0.25) is 19.6 Å². The first-order valence-electron chi connectivity index (χ1n) is 18.1. The van der Waals surface area contributed by atoms with Crippen LogP contribution in [0.3, 0.4) is 0 Å². The van der Waals surface area contributed by atoms with Gasteiger partial charge in [0.05, 0.1) is 8.07 Å². The molecule has 7 rings (SSSR count). The van der Waals surface area contributed by atoms with E-state index in [0.717, 1.165) is 35.4 Å². The molecule has 3 heterocycles. The molecule has 4 aromatic carbocycles. The quantitative estimate of drug-likeness (QED) is 0.118. The van der Waals surface area contributed by atoms with Crippen molar-refractivity contribution in [3.05, 3.63) is 138 Å². The van der Waals surface area contributed by atoms with E-state index in [4.69, 9.17) is 4.98 Å². The van der Waals surface area contributed by atoms with E-state index >= 15 is 0 Å². The fourth-order valence-electron chi connectivity index (χ4n) is 6.69. The maximum absolute atomic E-state index is 4.80. The zero-order valence-corrected chi connectivity index (χ0v) is 36.2. The molecular formula is C47H50IrN2SSi-2. The van der Waals surface area contributed by atoms with E-state index in [0.29, 0.717) is 5.92 Å². The summed E-state index contributed by atoms with van der Waals surface area (Å²) < 4.78 is 2.57. The number of thiophene rings is 1. The zero-order valence-electron chi connectivity index (χ0n) is 32.0. The number of hydrogen-bond donors (Lipinski definition) is 0. The maximum Gasteiger partial charge on any atom is 0.0798 e. The Bertz CT molecular complexity index is 2260. The second kappa shape index (κ2) is 16.5. The Balaban J connectivity index is 0.000000217. The van der Waals surface area contributed by atoms with E-state index < -0.39 is 8.07 Å². The van der Waals surface area contributed by atoms with Gasteiger partial charge < -0.3 is 9.97 Å². The van der Waals surface area contributed by atoms with Crippen molar-refractivity contribution >= 4 is 44.8 Å². The number of nitrogens with zero attached hydrogens (tertiary/aromatic N) is 2. The molecular weight excluding hydrogens is 845 g/mol. The van der Waals surface area contributed by atoms with E-state index in [1.54, 1.807) is 0 Å². The van der Waals surface area contributed by atoms with Gasteiger partial charge in [0.1, 0.15) is 0 Å². The van der Waals surface area contributed by atoms with Crippen LogP contribution in [0.15, 0.2) is 109 Å². The normalized spacial score (nSPS) is 11.7. The smallest absolute Gasteiger partial charge is 0.0798 e. The summed E-state index contributed by atoms with van der Waals surface area (Å²) >= 11 is 1.84. The summed E-state index contributed by atoms with van der Waals surface area (Å²) in [6, 6.07) is 41.0. The molecule has 0 aliphatic heterocycles. The average molecular weight is 895 g/mol. The van der Waals surface area contributed by atoms with Crippen LogP contribution in [0.25, 0.3) is 53.8 Å². The fourth-order valence-corrected chi connectivity index (χ4v) is 9.52. The minimum absolute atomic E-state index is 0. The van der Waals surface area contributed by atoms with Crippen LogP contribution in [-0.2, 0) is 32.9 Å². The first-order valence-corrected chi connectivity index (χ1v) is 22.4. The number of hydrogen-bond acceptors (Lipinski definition) is 3. The number of pyridine rings is 2. The molecule has 0 amide bonds. The second-order valence-corrected chi connectivity index (χ2v) is 22.4. The molecule has 0 bridgehead atoms.